The molecule has 3 aromatic rings. The van der Waals surface area contributed by atoms with E-state index < -0.39 is 10.6 Å². The summed E-state index contributed by atoms with van der Waals surface area (Å²) in [6.45, 7) is 0. The van der Waals surface area contributed by atoms with Gasteiger partial charge in [-0.15, -0.1) is 0 Å². The summed E-state index contributed by atoms with van der Waals surface area (Å²) in [5.74, 6) is 0.555. The van der Waals surface area contributed by atoms with Crippen LogP contribution < -0.4 is 10.5 Å². The van der Waals surface area contributed by atoms with Crippen molar-refractivity contribution < 1.29 is 23.5 Å². The lowest BCUT2D eigenvalue weighted by Gasteiger charge is -1.89. The third-order valence-corrected chi connectivity index (χ3v) is 1.91. The van der Waals surface area contributed by atoms with Gasteiger partial charge in [-0.05, 0) is 0 Å². The van der Waals surface area contributed by atoms with Gasteiger partial charge in [-0.2, -0.15) is 0 Å². The molecule has 0 aliphatic carbocycles. The molecule has 72 valence electrons. The lowest BCUT2D eigenvalue weighted by atomic mass is 10.2. The van der Waals surface area contributed by atoms with E-state index in [-0.39, 0.29) is 22.6 Å². The molecule has 0 fully saturated rings. The van der Waals surface area contributed by atoms with Crippen molar-refractivity contribution >= 4 is 22.5 Å². The highest BCUT2D eigenvalue weighted by Crippen LogP contribution is 2.58. The summed E-state index contributed by atoms with van der Waals surface area (Å²) in [7, 11) is 0. The Morgan fingerprint density at radius 2 is 1.86 bits per heavy atom. The van der Waals surface area contributed by atoms with E-state index in [1.165, 1.54) is 0 Å². The maximum absolute atomic E-state index is 10.6. The molecule has 2 bridgehead atoms. The SMILES string of the molecule is Nc1c([N+](=O)[O-])c2oooc1c1c2O1. The number of nitro groups is 1. The number of ether oxygens (including phenoxy) is 1. The van der Waals surface area contributed by atoms with Crippen molar-refractivity contribution in [2.75, 3.05) is 5.73 Å². The Morgan fingerprint density at radius 3 is 2.57 bits per heavy atom. The fraction of sp³-hybridized carbons (Fsp3) is 0. The second-order valence-corrected chi connectivity index (χ2v) is 2.67. The van der Waals surface area contributed by atoms with Crippen LogP contribution in [-0.2, 0) is 0 Å². The lowest BCUT2D eigenvalue weighted by molar-refractivity contribution is -0.383. The first-order chi connectivity index (χ1) is 6.70. The van der Waals surface area contributed by atoms with Crippen LogP contribution in [0.3, 0.4) is 0 Å². The van der Waals surface area contributed by atoms with Crippen LogP contribution in [0.5, 0.6) is 11.5 Å². The van der Waals surface area contributed by atoms with Gasteiger partial charge >= 0.3 is 11.3 Å². The van der Waals surface area contributed by atoms with Crippen LogP contribution in [0, 0.1) is 10.1 Å². The minimum Gasteiger partial charge on any atom is -0.440 e. The quantitative estimate of drug-likeness (QED) is 0.208. The first-order valence-electron chi connectivity index (χ1n) is 3.53. The second kappa shape index (κ2) is 1.92. The van der Waals surface area contributed by atoms with E-state index in [1.54, 1.807) is 0 Å². The molecule has 8 nitrogen and oxygen atoms in total. The Kier molecular flexibility index (Phi) is 0.969. The van der Waals surface area contributed by atoms with Gasteiger partial charge in [0.05, 0.1) is 4.92 Å². The molecule has 4 rings (SSSR count). The number of nitrogen functional groups attached to an aromatic ring is 1. The molecule has 0 radical (unpaired) electrons. The highest BCUT2D eigenvalue weighted by atomic mass is 17.2. The van der Waals surface area contributed by atoms with Gasteiger partial charge in [0.2, 0.25) is 11.5 Å². The molecule has 0 saturated heterocycles. The molecule has 8 heteroatoms. The summed E-state index contributed by atoms with van der Waals surface area (Å²) >= 11 is 0. The number of hydrogen-bond acceptors (Lipinski definition) is 7. The number of anilines is 1. The van der Waals surface area contributed by atoms with Crippen LogP contribution >= 0.6 is 0 Å². The van der Waals surface area contributed by atoms with Gasteiger partial charge < -0.3 is 10.5 Å². The summed E-state index contributed by atoms with van der Waals surface area (Å²) in [6.07, 6.45) is 0. The molecule has 1 aromatic carbocycles. The first-order valence-corrected chi connectivity index (χ1v) is 3.53. The number of benzene rings is 1. The van der Waals surface area contributed by atoms with E-state index in [0.29, 0.717) is 5.75 Å². The molecule has 2 N–H and O–H groups in total. The fourth-order valence-electron chi connectivity index (χ4n) is 1.26. The first kappa shape index (κ1) is 7.06. The summed E-state index contributed by atoms with van der Waals surface area (Å²) in [6, 6.07) is 0. The summed E-state index contributed by atoms with van der Waals surface area (Å²) < 4.78 is 18.2. The van der Waals surface area contributed by atoms with Crippen LogP contribution in [-0.4, -0.2) is 4.92 Å². The zero-order valence-corrected chi connectivity index (χ0v) is 6.47. The molecule has 1 aliphatic rings. The van der Waals surface area contributed by atoms with Gasteiger partial charge in [0.15, 0.2) is 5.69 Å². The monoisotopic (exact) mass is 198 g/mol. The summed E-state index contributed by atoms with van der Waals surface area (Å²) in [4.78, 5) is 9.95. The largest absolute Gasteiger partial charge is 0.440 e. The van der Waals surface area contributed by atoms with E-state index in [1.807, 2.05) is 0 Å². The number of rotatable bonds is 1. The van der Waals surface area contributed by atoms with Crippen LogP contribution in [0.2, 0.25) is 0 Å². The Bertz CT molecular complexity index is 573. The molecule has 2 aromatic heterocycles. The molecule has 0 amide bonds. The standard InChI is InChI=1S/C6H2N2O6/c7-1-2(8(9)10)4-6-5(11-6)3(1)12-14-13-4/h7H2. The van der Waals surface area contributed by atoms with E-state index in [9.17, 15) is 10.1 Å². The van der Waals surface area contributed by atoms with E-state index >= 15 is 0 Å². The van der Waals surface area contributed by atoms with E-state index in [0.717, 1.165) is 0 Å². The molecule has 3 heterocycles. The van der Waals surface area contributed by atoms with Gasteiger partial charge in [-0.3, -0.25) is 10.1 Å². The predicted molar refractivity (Wildman–Crippen MR) is 40.7 cm³/mol. The highest BCUT2D eigenvalue weighted by Gasteiger charge is 2.41. The molecule has 0 atom stereocenters. The van der Waals surface area contributed by atoms with Crippen molar-refractivity contribution in [2.45, 2.75) is 0 Å². The van der Waals surface area contributed by atoms with Gasteiger partial charge in [-0.25, -0.2) is 9.15 Å². The minimum atomic E-state index is -0.686. The molecule has 0 saturated carbocycles. The van der Waals surface area contributed by atoms with Crippen LogP contribution in [0.4, 0.5) is 11.4 Å². The third kappa shape index (κ3) is 0.632. The third-order valence-electron chi connectivity index (χ3n) is 1.91. The number of nitrogens with zero attached hydrogens (tertiary/aromatic N) is 1. The minimum absolute atomic E-state index is 0.0204. The van der Waals surface area contributed by atoms with Gasteiger partial charge in [0.25, 0.3) is 5.58 Å². The van der Waals surface area contributed by atoms with Crippen molar-refractivity contribution in [3.63, 3.8) is 0 Å². The highest BCUT2D eigenvalue weighted by molar-refractivity contribution is 6.00. The van der Waals surface area contributed by atoms with E-state index in [2.05, 4.69) is 13.9 Å². The van der Waals surface area contributed by atoms with Gasteiger partial charge in [0, 0.05) is 0 Å². The Labute approximate surface area is 74.5 Å². The average Bonchev–Trinajstić information content (AvgIpc) is 2.82. The Morgan fingerprint density at radius 1 is 1.21 bits per heavy atom. The van der Waals surface area contributed by atoms with Gasteiger partial charge in [-0.1, -0.05) is 4.74 Å². The number of hydrogen-bond donors (Lipinski definition) is 1. The average molecular weight is 198 g/mol. The molecular weight excluding hydrogens is 196 g/mol. The maximum Gasteiger partial charge on any atom is 0.347 e. The van der Waals surface area contributed by atoms with Crippen molar-refractivity contribution in [1.29, 1.82) is 0 Å². The fourth-order valence-corrected chi connectivity index (χ4v) is 1.26. The molecule has 14 heavy (non-hydrogen) atoms. The number of nitro benzene ring substituents is 1. The normalized spacial score (nSPS) is 12.3. The zero-order chi connectivity index (χ0) is 9.87. The number of fused-ring (bicyclic) bond motifs is 3. The Balaban J connectivity index is 2.59. The number of nitrogens with two attached hydrogens (primary N) is 1. The van der Waals surface area contributed by atoms with Crippen molar-refractivity contribution in [2.24, 2.45) is 0 Å². The summed E-state index contributed by atoms with van der Waals surface area (Å²) in [5, 5.41) is 10.6. The van der Waals surface area contributed by atoms with E-state index in [4.69, 9.17) is 10.5 Å². The predicted octanol–water partition coefficient (Wildman–Crippen LogP) is 1.78. The van der Waals surface area contributed by atoms with Crippen molar-refractivity contribution in [1.82, 2.24) is 0 Å². The topological polar surface area (TPSA) is 121 Å². The van der Waals surface area contributed by atoms with Crippen molar-refractivity contribution in [3.05, 3.63) is 10.1 Å². The lowest BCUT2D eigenvalue weighted by Crippen LogP contribution is -1.94. The van der Waals surface area contributed by atoms with Crippen LogP contribution in [0.1, 0.15) is 0 Å². The maximum atomic E-state index is 10.6. The zero-order valence-electron chi connectivity index (χ0n) is 6.47. The summed E-state index contributed by atoms with van der Waals surface area (Å²) in [5.41, 5.74) is 4.70. The smallest absolute Gasteiger partial charge is 0.347 e. The van der Waals surface area contributed by atoms with Gasteiger partial charge in [0.1, 0.15) is 0 Å². The molecule has 0 unspecified atom stereocenters. The molecule has 1 aliphatic heterocycles. The van der Waals surface area contributed by atoms with Crippen molar-refractivity contribution in [3.8, 4) is 11.5 Å². The second-order valence-electron chi connectivity index (χ2n) is 2.67. The Hall–Kier alpha value is -2.38. The molecule has 0 spiro atoms. The van der Waals surface area contributed by atoms with Crippen LogP contribution in [0.15, 0.2) is 13.9 Å². The van der Waals surface area contributed by atoms with Crippen LogP contribution in [0.25, 0.3) is 11.2 Å². The molecular formula is C6H2N2O6.